The molecule has 2 nitrogen and oxygen atoms in total. The first-order valence-electron chi connectivity index (χ1n) is 5.95. The van der Waals surface area contributed by atoms with E-state index in [1.165, 1.54) is 16.9 Å². The lowest BCUT2D eigenvalue weighted by atomic mass is 9.89. The molecule has 0 fully saturated rings. The lowest BCUT2D eigenvalue weighted by Crippen LogP contribution is -2.42. The molecule has 0 saturated heterocycles. The Morgan fingerprint density at radius 2 is 1.53 bits per heavy atom. The molecule has 1 unspecified atom stereocenters. The summed E-state index contributed by atoms with van der Waals surface area (Å²) in [5.41, 5.74) is 3.61. The standard InChI is InChI=1S/C15H16N2/c1-15(12-7-3-2-4-8-12)11-16-13-9-5-6-10-14(13)17-15/h2-10,16-17H,11H2,1H3. The lowest BCUT2D eigenvalue weighted by molar-refractivity contribution is 0.565. The molecule has 86 valence electrons. The Hall–Kier alpha value is -1.96. The van der Waals surface area contributed by atoms with Crippen LogP contribution in [0.2, 0.25) is 0 Å². The summed E-state index contributed by atoms with van der Waals surface area (Å²) in [6, 6.07) is 18.9. The van der Waals surface area contributed by atoms with E-state index >= 15 is 0 Å². The predicted octanol–water partition coefficient (Wildman–Crippen LogP) is 3.44. The first kappa shape index (κ1) is 10.2. The molecule has 0 aliphatic carbocycles. The fourth-order valence-corrected chi connectivity index (χ4v) is 2.34. The minimum Gasteiger partial charge on any atom is -0.381 e. The largest absolute Gasteiger partial charge is 0.381 e. The first-order chi connectivity index (χ1) is 8.28. The van der Waals surface area contributed by atoms with Crippen LogP contribution in [-0.2, 0) is 5.54 Å². The molecule has 3 rings (SSSR count). The van der Waals surface area contributed by atoms with Gasteiger partial charge in [0.15, 0.2) is 0 Å². The quantitative estimate of drug-likeness (QED) is 0.775. The molecule has 1 atom stereocenters. The van der Waals surface area contributed by atoms with E-state index in [4.69, 9.17) is 0 Å². The van der Waals surface area contributed by atoms with Gasteiger partial charge in [-0.1, -0.05) is 42.5 Å². The van der Waals surface area contributed by atoms with Gasteiger partial charge in [0.05, 0.1) is 16.9 Å². The summed E-state index contributed by atoms with van der Waals surface area (Å²) in [7, 11) is 0. The molecular formula is C15H16N2. The van der Waals surface area contributed by atoms with Crippen LogP contribution in [0.1, 0.15) is 12.5 Å². The average molecular weight is 224 g/mol. The van der Waals surface area contributed by atoms with Crippen LogP contribution in [0, 0.1) is 0 Å². The van der Waals surface area contributed by atoms with Crippen LogP contribution in [-0.4, -0.2) is 6.54 Å². The van der Waals surface area contributed by atoms with Crippen LogP contribution >= 0.6 is 0 Å². The number of anilines is 2. The van der Waals surface area contributed by atoms with Crippen molar-refractivity contribution in [3.05, 3.63) is 60.2 Å². The molecule has 0 amide bonds. The van der Waals surface area contributed by atoms with Crippen molar-refractivity contribution in [3.63, 3.8) is 0 Å². The van der Waals surface area contributed by atoms with Gasteiger partial charge >= 0.3 is 0 Å². The van der Waals surface area contributed by atoms with Crippen molar-refractivity contribution in [1.29, 1.82) is 0 Å². The summed E-state index contributed by atoms with van der Waals surface area (Å²) < 4.78 is 0. The predicted molar refractivity (Wildman–Crippen MR) is 72.3 cm³/mol. The molecule has 0 saturated carbocycles. The van der Waals surface area contributed by atoms with Crippen LogP contribution in [0.4, 0.5) is 11.4 Å². The number of hydrogen-bond acceptors (Lipinski definition) is 2. The first-order valence-corrected chi connectivity index (χ1v) is 5.95. The topological polar surface area (TPSA) is 24.1 Å². The maximum Gasteiger partial charge on any atom is 0.0770 e. The highest BCUT2D eigenvalue weighted by Crippen LogP contribution is 2.34. The number of benzene rings is 2. The maximum absolute atomic E-state index is 3.63. The summed E-state index contributed by atoms with van der Waals surface area (Å²) in [4.78, 5) is 0. The molecule has 0 aromatic heterocycles. The highest BCUT2D eigenvalue weighted by atomic mass is 15.1. The van der Waals surface area contributed by atoms with Gasteiger partial charge in [-0.15, -0.1) is 0 Å². The molecule has 2 N–H and O–H groups in total. The smallest absolute Gasteiger partial charge is 0.0770 e. The monoisotopic (exact) mass is 224 g/mol. The van der Waals surface area contributed by atoms with Gasteiger partial charge in [-0.2, -0.15) is 0 Å². The fourth-order valence-electron chi connectivity index (χ4n) is 2.34. The Morgan fingerprint density at radius 1 is 0.882 bits per heavy atom. The third kappa shape index (κ3) is 1.76. The van der Waals surface area contributed by atoms with Gasteiger partial charge in [-0.3, -0.25) is 0 Å². The number of rotatable bonds is 1. The van der Waals surface area contributed by atoms with Crippen molar-refractivity contribution in [2.75, 3.05) is 17.2 Å². The van der Waals surface area contributed by atoms with E-state index in [0.717, 1.165) is 6.54 Å². The highest BCUT2D eigenvalue weighted by molar-refractivity contribution is 5.72. The number of fused-ring (bicyclic) bond motifs is 1. The van der Waals surface area contributed by atoms with E-state index < -0.39 is 0 Å². The molecule has 1 aliphatic heterocycles. The van der Waals surface area contributed by atoms with E-state index in [9.17, 15) is 0 Å². The van der Waals surface area contributed by atoms with E-state index in [1.54, 1.807) is 0 Å². The van der Waals surface area contributed by atoms with E-state index in [2.05, 4.69) is 72.2 Å². The Kier molecular flexibility index (Phi) is 2.29. The third-order valence-electron chi connectivity index (χ3n) is 3.38. The van der Waals surface area contributed by atoms with E-state index in [0.29, 0.717) is 0 Å². The Balaban J connectivity index is 1.98. The second kappa shape index (κ2) is 3.81. The molecule has 2 heteroatoms. The Bertz CT molecular complexity index is 521. The average Bonchev–Trinajstić information content (AvgIpc) is 2.40. The summed E-state index contributed by atoms with van der Waals surface area (Å²) >= 11 is 0. The van der Waals surface area contributed by atoms with Gasteiger partial charge in [0.25, 0.3) is 0 Å². The molecule has 1 aliphatic rings. The van der Waals surface area contributed by atoms with Crippen molar-refractivity contribution in [2.24, 2.45) is 0 Å². The molecular weight excluding hydrogens is 208 g/mol. The summed E-state index contributed by atoms with van der Waals surface area (Å²) in [5, 5.41) is 7.12. The van der Waals surface area contributed by atoms with Gasteiger partial charge in [0, 0.05) is 6.54 Å². The lowest BCUT2D eigenvalue weighted by Gasteiger charge is -2.38. The van der Waals surface area contributed by atoms with Crippen LogP contribution in [0.25, 0.3) is 0 Å². The van der Waals surface area contributed by atoms with Gasteiger partial charge in [0.2, 0.25) is 0 Å². The van der Waals surface area contributed by atoms with Crippen LogP contribution < -0.4 is 10.6 Å². The highest BCUT2D eigenvalue weighted by Gasteiger charge is 2.30. The molecule has 0 bridgehead atoms. The van der Waals surface area contributed by atoms with Crippen molar-refractivity contribution < 1.29 is 0 Å². The van der Waals surface area contributed by atoms with Gasteiger partial charge in [-0.25, -0.2) is 0 Å². The van der Waals surface area contributed by atoms with Crippen LogP contribution in [0.5, 0.6) is 0 Å². The SMILES string of the molecule is CC1(c2ccccc2)CNc2ccccc2N1. The maximum atomic E-state index is 3.63. The molecule has 1 heterocycles. The van der Waals surface area contributed by atoms with Crippen molar-refractivity contribution in [2.45, 2.75) is 12.5 Å². The van der Waals surface area contributed by atoms with Gasteiger partial charge in [-0.05, 0) is 24.6 Å². The fraction of sp³-hybridized carbons (Fsp3) is 0.200. The van der Waals surface area contributed by atoms with Crippen LogP contribution in [0.15, 0.2) is 54.6 Å². The summed E-state index contributed by atoms with van der Waals surface area (Å²) in [5.74, 6) is 0. The van der Waals surface area contributed by atoms with Gasteiger partial charge < -0.3 is 10.6 Å². The van der Waals surface area contributed by atoms with Gasteiger partial charge in [0.1, 0.15) is 0 Å². The third-order valence-corrected chi connectivity index (χ3v) is 3.38. The van der Waals surface area contributed by atoms with Crippen molar-refractivity contribution in [3.8, 4) is 0 Å². The molecule has 2 aromatic carbocycles. The molecule has 0 radical (unpaired) electrons. The number of para-hydroxylation sites is 2. The minimum absolute atomic E-state index is 0.0460. The Labute approximate surface area is 102 Å². The summed E-state index contributed by atoms with van der Waals surface area (Å²) in [6.45, 7) is 3.12. The summed E-state index contributed by atoms with van der Waals surface area (Å²) in [6.07, 6.45) is 0. The van der Waals surface area contributed by atoms with Crippen LogP contribution in [0.3, 0.4) is 0 Å². The zero-order valence-corrected chi connectivity index (χ0v) is 9.90. The zero-order chi connectivity index (χ0) is 11.7. The normalized spacial score (nSPS) is 22.2. The molecule has 17 heavy (non-hydrogen) atoms. The number of hydrogen-bond donors (Lipinski definition) is 2. The zero-order valence-electron chi connectivity index (χ0n) is 9.90. The van der Waals surface area contributed by atoms with E-state index in [1.807, 2.05) is 0 Å². The van der Waals surface area contributed by atoms with Crippen molar-refractivity contribution >= 4 is 11.4 Å². The molecule has 0 spiro atoms. The Morgan fingerprint density at radius 3 is 2.29 bits per heavy atom. The van der Waals surface area contributed by atoms with E-state index in [-0.39, 0.29) is 5.54 Å². The van der Waals surface area contributed by atoms with Crippen molar-refractivity contribution in [1.82, 2.24) is 0 Å². The second-order valence-electron chi connectivity index (χ2n) is 4.72. The second-order valence-corrected chi connectivity index (χ2v) is 4.72. The minimum atomic E-state index is -0.0460. The number of nitrogens with one attached hydrogen (secondary N) is 2. The molecule has 2 aromatic rings.